The predicted molar refractivity (Wildman–Crippen MR) is 69.7 cm³/mol. The van der Waals surface area contributed by atoms with E-state index in [4.69, 9.17) is 9.47 Å². The smallest absolute Gasteiger partial charge is 0.0791 e. The number of rotatable bonds is 6. The highest BCUT2D eigenvalue weighted by molar-refractivity contribution is 4.83. The van der Waals surface area contributed by atoms with Gasteiger partial charge in [-0.25, -0.2) is 0 Å². The Morgan fingerprint density at radius 3 is 2.78 bits per heavy atom. The number of ether oxygens (including phenoxy) is 2. The topological polar surface area (TPSA) is 54.0 Å². The van der Waals surface area contributed by atoms with Crippen LogP contribution in [0, 0.1) is 0 Å². The van der Waals surface area contributed by atoms with E-state index in [1.54, 1.807) is 0 Å². The lowest BCUT2D eigenvalue weighted by Crippen LogP contribution is -2.46. The van der Waals surface area contributed by atoms with Crippen LogP contribution in [0.1, 0.15) is 19.8 Å². The minimum Gasteiger partial charge on any atom is -0.390 e. The number of morpholine rings is 1. The summed E-state index contributed by atoms with van der Waals surface area (Å²) in [5.74, 6) is 0. The van der Waals surface area contributed by atoms with Crippen LogP contribution in [0.5, 0.6) is 0 Å². The van der Waals surface area contributed by atoms with E-state index in [1.165, 1.54) is 0 Å². The normalized spacial score (nSPS) is 31.7. The Kier molecular flexibility index (Phi) is 5.38. The Hall–Kier alpha value is -0.200. The molecule has 0 radical (unpaired) electrons. The van der Waals surface area contributed by atoms with Crippen molar-refractivity contribution in [1.29, 1.82) is 0 Å². The molecule has 106 valence electrons. The van der Waals surface area contributed by atoms with Gasteiger partial charge in [0.05, 0.1) is 24.9 Å². The first kappa shape index (κ1) is 14.2. The summed E-state index contributed by atoms with van der Waals surface area (Å²) in [6.07, 6.45) is 1.95. The average Bonchev–Trinajstić information content (AvgIpc) is 2.77. The molecule has 5 nitrogen and oxygen atoms in total. The Bertz CT molecular complexity index is 238. The van der Waals surface area contributed by atoms with Crippen LogP contribution in [0.25, 0.3) is 0 Å². The highest BCUT2D eigenvalue weighted by Crippen LogP contribution is 2.23. The largest absolute Gasteiger partial charge is 0.390 e. The van der Waals surface area contributed by atoms with Crippen molar-refractivity contribution in [3.05, 3.63) is 0 Å². The molecule has 2 aliphatic heterocycles. The third-order valence-corrected chi connectivity index (χ3v) is 3.75. The second-order valence-corrected chi connectivity index (χ2v) is 5.60. The summed E-state index contributed by atoms with van der Waals surface area (Å²) in [5.41, 5.74) is -0.0291. The second kappa shape index (κ2) is 6.82. The van der Waals surface area contributed by atoms with Crippen molar-refractivity contribution in [2.75, 3.05) is 52.5 Å². The summed E-state index contributed by atoms with van der Waals surface area (Å²) in [6, 6.07) is 0. The van der Waals surface area contributed by atoms with Gasteiger partial charge in [0.15, 0.2) is 0 Å². The molecular formula is C13H26N2O3. The van der Waals surface area contributed by atoms with Crippen molar-refractivity contribution in [3.63, 3.8) is 0 Å². The second-order valence-electron chi connectivity index (χ2n) is 5.60. The van der Waals surface area contributed by atoms with Gasteiger partial charge in [0.1, 0.15) is 0 Å². The van der Waals surface area contributed by atoms with Crippen LogP contribution in [0.2, 0.25) is 0 Å². The number of hydrogen-bond acceptors (Lipinski definition) is 5. The molecule has 2 saturated heterocycles. The maximum absolute atomic E-state index is 9.97. The van der Waals surface area contributed by atoms with E-state index in [9.17, 15) is 5.11 Å². The molecule has 18 heavy (non-hydrogen) atoms. The summed E-state index contributed by atoms with van der Waals surface area (Å²) < 4.78 is 11.0. The van der Waals surface area contributed by atoms with Crippen LogP contribution in [-0.4, -0.2) is 74.3 Å². The number of β-amino-alcohol motifs (C(OH)–C–C–N with tert-alkyl or cyclic N) is 1. The molecule has 2 atom stereocenters. The zero-order valence-electron chi connectivity index (χ0n) is 11.4. The summed E-state index contributed by atoms with van der Waals surface area (Å²) in [5, 5.41) is 13.3. The van der Waals surface area contributed by atoms with Gasteiger partial charge in [0.25, 0.3) is 0 Å². The molecule has 0 aromatic carbocycles. The molecule has 0 bridgehead atoms. The fraction of sp³-hybridized carbons (Fsp3) is 1.00. The lowest BCUT2D eigenvalue weighted by molar-refractivity contribution is 0.00701. The number of aliphatic hydroxyl groups excluding tert-OH is 1. The van der Waals surface area contributed by atoms with Crippen molar-refractivity contribution >= 4 is 0 Å². The van der Waals surface area contributed by atoms with E-state index >= 15 is 0 Å². The van der Waals surface area contributed by atoms with Gasteiger partial charge in [-0.3, -0.25) is 4.90 Å². The van der Waals surface area contributed by atoms with Crippen LogP contribution in [0.3, 0.4) is 0 Å². The van der Waals surface area contributed by atoms with Crippen molar-refractivity contribution < 1.29 is 14.6 Å². The standard InChI is InChI=1S/C13H26N2O3/c1-13(3-2-6-18-13)11-14-9-12(16)10-15-4-7-17-8-5-15/h12,14,16H,2-11H2,1H3. The third kappa shape index (κ3) is 4.48. The van der Waals surface area contributed by atoms with Crippen LogP contribution in [0.15, 0.2) is 0 Å². The van der Waals surface area contributed by atoms with Gasteiger partial charge >= 0.3 is 0 Å². The molecule has 0 aromatic rings. The summed E-state index contributed by atoms with van der Waals surface area (Å²) >= 11 is 0. The zero-order valence-corrected chi connectivity index (χ0v) is 11.4. The molecule has 2 N–H and O–H groups in total. The Morgan fingerprint density at radius 1 is 1.33 bits per heavy atom. The molecule has 5 heteroatoms. The maximum atomic E-state index is 9.97. The summed E-state index contributed by atoms with van der Waals surface area (Å²) in [7, 11) is 0. The lowest BCUT2D eigenvalue weighted by Gasteiger charge is -2.29. The van der Waals surface area contributed by atoms with Crippen molar-refractivity contribution in [1.82, 2.24) is 10.2 Å². The SMILES string of the molecule is CC1(CNCC(O)CN2CCOCC2)CCCO1. The van der Waals surface area contributed by atoms with E-state index in [2.05, 4.69) is 17.1 Å². The van der Waals surface area contributed by atoms with Crippen LogP contribution >= 0.6 is 0 Å². The van der Waals surface area contributed by atoms with Gasteiger partial charge in [0, 0.05) is 39.3 Å². The van der Waals surface area contributed by atoms with Gasteiger partial charge in [-0.15, -0.1) is 0 Å². The molecule has 2 fully saturated rings. The monoisotopic (exact) mass is 258 g/mol. The number of aliphatic hydroxyl groups is 1. The quantitative estimate of drug-likeness (QED) is 0.693. The van der Waals surface area contributed by atoms with Crippen LogP contribution in [-0.2, 0) is 9.47 Å². The van der Waals surface area contributed by atoms with E-state index in [0.717, 1.165) is 58.8 Å². The molecule has 2 aliphatic rings. The third-order valence-electron chi connectivity index (χ3n) is 3.75. The summed E-state index contributed by atoms with van der Waals surface area (Å²) in [6.45, 7) is 8.63. The molecule has 0 amide bonds. The fourth-order valence-corrected chi connectivity index (χ4v) is 2.63. The molecule has 0 spiro atoms. The first-order chi connectivity index (χ1) is 8.68. The molecule has 2 rings (SSSR count). The molecular weight excluding hydrogens is 232 g/mol. The zero-order chi connectivity index (χ0) is 12.8. The van der Waals surface area contributed by atoms with E-state index in [1.807, 2.05) is 0 Å². The first-order valence-electron chi connectivity index (χ1n) is 7.01. The molecule has 2 heterocycles. The highest BCUT2D eigenvalue weighted by Gasteiger charge is 2.29. The van der Waals surface area contributed by atoms with Crippen LogP contribution in [0.4, 0.5) is 0 Å². The van der Waals surface area contributed by atoms with Crippen molar-refractivity contribution in [2.24, 2.45) is 0 Å². The minimum atomic E-state index is -0.312. The predicted octanol–water partition coefficient (Wildman–Crippen LogP) is -0.162. The minimum absolute atomic E-state index is 0.0291. The molecule has 2 unspecified atom stereocenters. The van der Waals surface area contributed by atoms with Gasteiger partial charge in [-0.2, -0.15) is 0 Å². The molecule has 0 aromatic heterocycles. The molecule has 0 aliphatic carbocycles. The van der Waals surface area contributed by atoms with E-state index in [-0.39, 0.29) is 11.7 Å². The average molecular weight is 258 g/mol. The summed E-state index contributed by atoms with van der Waals surface area (Å²) in [4.78, 5) is 2.25. The number of hydrogen-bond donors (Lipinski definition) is 2. The number of nitrogens with zero attached hydrogens (tertiary/aromatic N) is 1. The Balaban J connectivity index is 1.57. The maximum Gasteiger partial charge on any atom is 0.0791 e. The van der Waals surface area contributed by atoms with Gasteiger partial charge in [-0.05, 0) is 19.8 Å². The van der Waals surface area contributed by atoms with E-state index < -0.39 is 0 Å². The highest BCUT2D eigenvalue weighted by atomic mass is 16.5. The first-order valence-corrected chi connectivity index (χ1v) is 7.01. The van der Waals surface area contributed by atoms with Gasteiger partial charge in [0.2, 0.25) is 0 Å². The van der Waals surface area contributed by atoms with Gasteiger partial charge in [-0.1, -0.05) is 0 Å². The van der Waals surface area contributed by atoms with E-state index in [0.29, 0.717) is 6.54 Å². The fourth-order valence-electron chi connectivity index (χ4n) is 2.63. The van der Waals surface area contributed by atoms with Crippen molar-refractivity contribution in [3.8, 4) is 0 Å². The lowest BCUT2D eigenvalue weighted by atomic mass is 10.0. The number of nitrogens with one attached hydrogen (secondary N) is 1. The Morgan fingerprint density at radius 2 is 2.11 bits per heavy atom. The van der Waals surface area contributed by atoms with Crippen molar-refractivity contribution in [2.45, 2.75) is 31.5 Å². The Labute approximate surface area is 109 Å². The van der Waals surface area contributed by atoms with Gasteiger partial charge < -0.3 is 19.9 Å². The van der Waals surface area contributed by atoms with Crippen LogP contribution < -0.4 is 5.32 Å². The molecule has 0 saturated carbocycles.